The fraction of sp³-hybridized carbons (Fsp3) is 0.500. The van der Waals surface area contributed by atoms with Crippen LogP contribution in [0.5, 0.6) is 11.5 Å². The van der Waals surface area contributed by atoms with Gasteiger partial charge in [0, 0.05) is 25.2 Å². The van der Waals surface area contributed by atoms with Gasteiger partial charge >= 0.3 is 0 Å². The summed E-state index contributed by atoms with van der Waals surface area (Å²) < 4.78 is 11.3. The van der Waals surface area contributed by atoms with Gasteiger partial charge in [-0.3, -0.25) is 0 Å². The molecule has 0 bridgehead atoms. The zero-order chi connectivity index (χ0) is 20.3. The van der Waals surface area contributed by atoms with Crippen molar-refractivity contribution in [2.75, 3.05) is 33.4 Å². The Morgan fingerprint density at radius 1 is 1.00 bits per heavy atom. The first-order valence-corrected chi connectivity index (χ1v) is 10.7. The topological polar surface area (TPSA) is 54.0 Å². The van der Waals surface area contributed by atoms with Crippen LogP contribution in [0.15, 0.2) is 48.5 Å². The maximum atomic E-state index is 10.3. The molecule has 29 heavy (non-hydrogen) atoms. The Kier molecular flexibility index (Phi) is 8.81. The monoisotopic (exact) mass is 398 g/mol. The van der Waals surface area contributed by atoms with Gasteiger partial charge in [0.2, 0.25) is 0 Å². The van der Waals surface area contributed by atoms with Gasteiger partial charge in [0.05, 0.1) is 7.11 Å². The van der Waals surface area contributed by atoms with Crippen molar-refractivity contribution in [2.45, 2.75) is 44.9 Å². The predicted molar refractivity (Wildman–Crippen MR) is 116 cm³/mol. The van der Waals surface area contributed by atoms with Crippen LogP contribution < -0.4 is 14.8 Å². The highest BCUT2D eigenvalue weighted by Gasteiger charge is 2.14. The van der Waals surface area contributed by atoms with Crippen molar-refractivity contribution >= 4 is 0 Å². The SMILES string of the molecule is COc1ccccc1CNCc1cccc(OCC(O)CN2CCCCCC2)c1. The third-order valence-corrected chi connectivity index (χ3v) is 5.35. The van der Waals surface area contributed by atoms with E-state index in [-0.39, 0.29) is 0 Å². The molecule has 0 radical (unpaired) electrons. The van der Waals surface area contributed by atoms with Crippen molar-refractivity contribution < 1.29 is 14.6 Å². The average Bonchev–Trinajstić information content (AvgIpc) is 3.01. The second kappa shape index (κ2) is 11.8. The Labute approximate surface area is 174 Å². The quantitative estimate of drug-likeness (QED) is 0.640. The van der Waals surface area contributed by atoms with E-state index in [1.807, 2.05) is 36.4 Å². The molecule has 5 nitrogen and oxygen atoms in total. The zero-order valence-electron chi connectivity index (χ0n) is 17.5. The molecule has 2 aromatic rings. The molecule has 2 N–H and O–H groups in total. The van der Waals surface area contributed by atoms with Crippen LogP contribution >= 0.6 is 0 Å². The standard InChI is InChI=1S/C24H34N2O3/c1-28-24-12-5-4-10-21(24)17-25-16-20-9-8-11-23(15-20)29-19-22(27)18-26-13-6-2-3-7-14-26/h4-5,8-12,15,22,25,27H,2-3,6-7,13-14,16-19H2,1H3. The van der Waals surface area contributed by atoms with Crippen LogP contribution in [0, 0.1) is 0 Å². The summed E-state index contributed by atoms with van der Waals surface area (Å²) in [5.41, 5.74) is 2.29. The minimum atomic E-state index is -0.458. The van der Waals surface area contributed by atoms with Gasteiger partial charge < -0.3 is 24.8 Å². The highest BCUT2D eigenvalue weighted by Crippen LogP contribution is 2.18. The van der Waals surface area contributed by atoms with Gasteiger partial charge in [-0.15, -0.1) is 0 Å². The van der Waals surface area contributed by atoms with Crippen molar-refractivity contribution in [2.24, 2.45) is 0 Å². The van der Waals surface area contributed by atoms with E-state index in [9.17, 15) is 5.11 Å². The number of nitrogens with zero attached hydrogens (tertiary/aromatic N) is 1. The fourth-order valence-corrected chi connectivity index (χ4v) is 3.80. The van der Waals surface area contributed by atoms with Crippen LogP contribution in [-0.4, -0.2) is 49.5 Å². The van der Waals surface area contributed by atoms with Gasteiger partial charge in [0.15, 0.2) is 0 Å². The normalized spacial score (nSPS) is 16.2. The number of β-amino-alcohol motifs (C(OH)–C–C–N with tert-alkyl or cyclic N) is 1. The van der Waals surface area contributed by atoms with E-state index in [1.165, 1.54) is 25.7 Å². The van der Waals surface area contributed by atoms with E-state index in [4.69, 9.17) is 9.47 Å². The molecule has 0 saturated carbocycles. The number of hydrogen-bond acceptors (Lipinski definition) is 5. The summed E-state index contributed by atoms with van der Waals surface area (Å²) >= 11 is 0. The molecule has 158 valence electrons. The van der Waals surface area contributed by atoms with E-state index in [0.29, 0.717) is 13.2 Å². The van der Waals surface area contributed by atoms with Gasteiger partial charge in [0.1, 0.15) is 24.2 Å². The maximum absolute atomic E-state index is 10.3. The lowest BCUT2D eigenvalue weighted by molar-refractivity contribution is 0.0693. The molecule has 0 spiro atoms. The number of aliphatic hydroxyl groups excluding tert-OH is 1. The smallest absolute Gasteiger partial charge is 0.123 e. The first kappa shape index (κ1) is 21.6. The largest absolute Gasteiger partial charge is 0.496 e. The summed E-state index contributed by atoms with van der Waals surface area (Å²) in [4.78, 5) is 2.36. The number of ether oxygens (including phenoxy) is 2. The summed E-state index contributed by atoms with van der Waals surface area (Å²) in [6.07, 6.45) is 4.62. The van der Waals surface area contributed by atoms with Crippen LogP contribution in [0.4, 0.5) is 0 Å². The van der Waals surface area contributed by atoms with Crippen molar-refractivity contribution in [3.8, 4) is 11.5 Å². The Balaban J connectivity index is 1.43. The molecule has 0 amide bonds. The van der Waals surface area contributed by atoms with E-state index in [2.05, 4.69) is 22.3 Å². The van der Waals surface area contributed by atoms with E-state index >= 15 is 0 Å². The van der Waals surface area contributed by atoms with Crippen LogP contribution in [0.25, 0.3) is 0 Å². The number of rotatable bonds is 10. The molecule has 1 unspecified atom stereocenters. The molecule has 1 aliphatic heterocycles. The average molecular weight is 399 g/mol. The number of likely N-dealkylation sites (tertiary alicyclic amines) is 1. The molecule has 1 fully saturated rings. The van der Waals surface area contributed by atoms with E-state index in [0.717, 1.165) is 48.8 Å². The number of nitrogens with one attached hydrogen (secondary N) is 1. The molecular weight excluding hydrogens is 364 g/mol. The number of para-hydroxylation sites is 1. The van der Waals surface area contributed by atoms with Gasteiger partial charge in [0.25, 0.3) is 0 Å². The highest BCUT2D eigenvalue weighted by molar-refractivity contribution is 5.33. The van der Waals surface area contributed by atoms with Crippen LogP contribution in [-0.2, 0) is 13.1 Å². The number of benzene rings is 2. The number of hydrogen-bond donors (Lipinski definition) is 2. The van der Waals surface area contributed by atoms with Gasteiger partial charge in [-0.25, -0.2) is 0 Å². The zero-order valence-corrected chi connectivity index (χ0v) is 17.5. The first-order chi connectivity index (χ1) is 14.2. The predicted octanol–water partition coefficient (Wildman–Crippen LogP) is 3.60. The minimum absolute atomic E-state index is 0.328. The molecule has 1 aliphatic rings. The summed E-state index contributed by atoms with van der Waals surface area (Å²) in [6.45, 7) is 4.68. The lowest BCUT2D eigenvalue weighted by Crippen LogP contribution is -2.36. The fourth-order valence-electron chi connectivity index (χ4n) is 3.80. The van der Waals surface area contributed by atoms with Crippen molar-refractivity contribution in [3.63, 3.8) is 0 Å². The summed E-state index contributed by atoms with van der Waals surface area (Å²) in [6, 6.07) is 16.1. The molecule has 1 heterocycles. The minimum Gasteiger partial charge on any atom is -0.496 e. The van der Waals surface area contributed by atoms with Gasteiger partial charge in [-0.1, -0.05) is 43.2 Å². The van der Waals surface area contributed by atoms with Crippen LogP contribution in [0.2, 0.25) is 0 Å². The second-order valence-electron chi connectivity index (χ2n) is 7.74. The van der Waals surface area contributed by atoms with Gasteiger partial charge in [-0.05, 0) is 49.7 Å². The Bertz CT molecular complexity index is 730. The third kappa shape index (κ3) is 7.35. The Morgan fingerprint density at radius 2 is 1.79 bits per heavy atom. The Hall–Kier alpha value is -2.08. The van der Waals surface area contributed by atoms with Crippen molar-refractivity contribution in [3.05, 3.63) is 59.7 Å². The molecule has 3 rings (SSSR count). The highest BCUT2D eigenvalue weighted by atomic mass is 16.5. The lowest BCUT2D eigenvalue weighted by Gasteiger charge is -2.23. The summed E-state index contributed by atoms with van der Waals surface area (Å²) in [5.74, 6) is 1.70. The lowest BCUT2D eigenvalue weighted by atomic mass is 10.2. The molecular formula is C24H34N2O3. The molecule has 1 atom stereocenters. The number of aliphatic hydroxyl groups is 1. The second-order valence-corrected chi connectivity index (χ2v) is 7.74. The molecule has 0 aliphatic carbocycles. The molecule has 2 aromatic carbocycles. The number of methoxy groups -OCH3 is 1. The van der Waals surface area contributed by atoms with E-state index in [1.54, 1.807) is 7.11 Å². The molecule has 5 heteroatoms. The van der Waals surface area contributed by atoms with Gasteiger partial charge in [-0.2, -0.15) is 0 Å². The van der Waals surface area contributed by atoms with Crippen LogP contribution in [0.1, 0.15) is 36.8 Å². The first-order valence-electron chi connectivity index (χ1n) is 10.7. The molecule has 0 aromatic heterocycles. The van der Waals surface area contributed by atoms with Crippen molar-refractivity contribution in [1.29, 1.82) is 0 Å². The summed E-state index contributed by atoms with van der Waals surface area (Å²) in [5, 5.41) is 13.8. The van der Waals surface area contributed by atoms with E-state index < -0.39 is 6.10 Å². The van der Waals surface area contributed by atoms with Crippen molar-refractivity contribution in [1.82, 2.24) is 10.2 Å². The third-order valence-electron chi connectivity index (χ3n) is 5.35. The maximum Gasteiger partial charge on any atom is 0.123 e. The molecule has 1 saturated heterocycles. The van der Waals surface area contributed by atoms with Crippen LogP contribution in [0.3, 0.4) is 0 Å². The summed E-state index contributed by atoms with van der Waals surface area (Å²) in [7, 11) is 1.70. The Morgan fingerprint density at radius 3 is 2.59 bits per heavy atom.